The summed E-state index contributed by atoms with van der Waals surface area (Å²) in [5.74, 6) is 0. The van der Waals surface area contributed by atoms with E-state index in [1.807, 2.05) is 0 Å². The Hall–Kier alpha value is -1.39. The van der Waals surface area contributed by atoms with Crippen molar-refractivity contribution in [1.82, 2.24) is 0 Å². The minimum absolute atomic E-state index is 1.39. The van der Waals surface area contributed by atoms with Crippen molar-refractivity contribution < 1.29 is 0 Å². The Labute approximate surface area is 113 Å². The van der Waals surface area contributed by atoms with Crippen molar-refractivity contribution in [3.63, 3.8) is 0 Å². The first-order valence-electron chi connectivity index (χ1n) is 6.12. The van der Waals surface area contributed by atoms with Gasteiger partial charge >= 0.3 is 0 Å². The molecule has 0 bridgehead atoms. The third-order valence-corrected chi connectivity index (χ3v) is 10.6. The lowest BCUT2D eigenvalue weighted by Crippen LogP contribution is -2.58. The molecule has 2 heteroatoms. The summed E-state index contributed by atoms with van der Waals surface area (Å²) in [5.41, 5.74) is 8.33. The summed E-state index contributed by atoms with van der Waals surface area (Å²) in [7, 11) is -3.59. The van der Waals surface area contributed by atoms with Crippen LogP contribution in [0.5, 0.6) is 0 Å². The Kier molecular flexibility index (Phi) is 4.49. The summed E-state index contributed by atoms with van der Waals surface area (Å²) in [6, 6.07) is 8.61. The van der Waals surface area contributed by atoms with Crippen molar-refractivity contribution in [3.05, 3.63) is 73.4 Å². The Balaban J connectivity index is 3.58. The molecule has 1 aromatic carbocycles. The molecule has 94 valence electrons. The zero-order valence-electron chi connectivity index (χ0n) is 11.4. The molecule has 1 rings (SSSR count). The maximum Gasteiger partial charge on any atom is 0.129 e. The zero-order valence-corrected chi connectivity index (χ0v) is 13.4. The first-order chi connectivity index (χ1) is 8.47. The van der Waals surface area contributed by atoms with E-state index >= 15 is 0 Å². The molecule has 0 radical (unpaired) electrons. The number of hydrogen-bond acceptors (Lipinski definition) is 0. The van der Waals surface area contributed by atoms with Crippen LogP contribution in [-0.4, -0.2) is 16.1 Å². The van der Waals surface area contributed by atoms with Crippen LogP contribution < -0.4 is 10.4 Å². The van der Waals surface area contributed by atoms with E-state index in [0.29, 0.717) is 0 Å². The van der Waals surface area contributed by atoms with E-state index in [9.17, 15) is 0 Å². The molecule has 0 aromatic heterocycles. The fourth-order valence-corrected chi connectivity index (χ4v) is 7.10. The highest BCUT2D eigenvalue weighted by molar-refractivity contribution is 7.07. The van der Waals surface area contributed by atoms with Crippen LogP contribution in [0.2, 0.25) is 13.1 Å². The van der Waals surface area contributed by atoms with E-state index in [-0.39, 0.29) is 0 Å². The van der Waals surface area contributed by atoms with E-state index in [2.05, 4.69) is 86.5 Å². The molecular weight excluding hydrogens is 248 g/mol. The van der Waals surface area contributed by atoms with E-state index in [4.69, 9.17) is 0 Å². The molecule has 0 atom stereocenters. The molecule has 0 saturated heterocycles. The maximum absolute atomic E-state index is 4.01. The van der Waals surface area contributed by atoms with Gasteiger partial charge in [-0.05, 0) is 0 Å². The summed E-state index contributed by atoms with van der Waals surface area (Å²) in [6.07, 6.45) is 0. The predicted octanol–water partition coefficient (Wildman–Crippen LogP) is 3.16. The van der Waals surface area contributed by atoms with Crippen molar-refractivity contribution in [2.24, 2.45) is 0 Å². The molecular formula is C16H22Si2. The minimum atomic E-state index is -1.79. The van der Waals surface area contributed by atoms with Crippen LogP contribution in [0.3, 0.4) is 0 Å². The van der Waals surface area contributed by atoms with Gasteiger partial charge in [0, 0.05) is 0 Å². The molecule has 0 saturated carbocycles. The summed E-state index contributed by atoms with van der Waals surface area (Å²) in [5, 5.41) is 2.79. The molecule has 0 unspecified atom stereocenters. The Morgan fingerprint density at radius 2 is 1.00 bits per heavy atom. The topological polar surface area (TPSA) is 0 Å². The van der Waals surface area contributed by atoms with Gasteiger partial charge in [-0.25, -0.2) is 0 Å². The second-order valence-corrected chi connectivity index (χ2v) is 12.8. The Bertz CT molecular complexity index is 425. The molecule has 0 fully saturated rings. The fraction of sp³-hybridized carbons (Fsp3) is 0.125. The van der Waals surface area contributed by atoms with Gasteiger partial charge in [-0.1, -0.05) is 70.5 Å². The number of hydrogen-bond donors (Lipinski definition) is 0. The fourth-order valence-electron chi connectivity index (χ4n) is 2.03. The molecule has 0 spiro atoms. The highest BCUT2D eigenvalue weighted by atomic mass is 28.3. The van der Waals surface area contributed by atoms with Crippen molar-refractivity contribution in [2.75, 3.05) is 0 Å². The molecule has 0 amide bonds. The molecule has 1 aromatic rings. The first kappa shape index (κ1) is 14.7. The molecule has 0 N–H and O–H groups in total. The highest BCUT2D eigenvalue weighted by Crippen LogP contribution is 2.11. The number of benzene rings is 1. The second kappa shape index (κ2) is 5.50. The quantitative estimate of drug-likeness (QED) is 0.697. The lowest BCUT2D eigenvalue weighted by molar-refractivity contribution is 1.74. The van der Waals surface area contributed by atoms with Crippen LogP contribution in [0.25, 0.3) is 0 Å². The van der Waals surface area contributed by atoms with Gasteiger partial charge in [-0.2, -0.15) is 0 Å². The SMILES string of the molecule is C=C[Si](C)(C=C)c1ccccc1[Si](C)(C=C)C=C. The second-order valence-electron chi connectivity index (χ2n) is 4.93. The predicted molar refractivity (Wildman–Crippen MR) is 89.7 cm³/mol. The Morgan fingerprint density at radius 3 is 1.22 bits per heavy atom. The molecule has 0 nitrogen and oxygen atoms in total. The maximum atomic E-state index is 4.01. The molecule has 0 aliphatic rings. The normalized spacial score (nSPS) is 11.7. The first-order valence-corrected chi connectivity index (χ1v) is 11.4. The summed E-state index contributed by atoms with van der Waals surface area (Å²) < 4.78 is 0. The van der Waals surface area contributed by atoms with E-state index in [0.717, 1.165) is 0 Å². The van der Waals surface area contributed by atoms with Crippen molar-refractivity contribution >= 4 is 26.5 Å². The van der Waals surface area contributed by atoms with Gasteiger partial charge in [0.25, 0.3) is 0 Å². The van der Waals surface area contributed by atoms with Gasteiger partial charge < -0.3 is 0 Å². The summed E-state index contributed by atoms with van der Waals surface area (Å²) >= 11 is 0. The van der Waals surface area contributed by atoms with E-state index in [1.165, 1.54) is 10.4 Å². The minimum Gasteiger partial charge on any atom is -0.106 e. The monoisotopic (exact) mass is 270 g/mol. The third kappa shape index (κ3) is 2.40. The average Bonchev–Trinajstić information content (AvgIpc) is 2.45. The van der Waals surface area contributed by atoms with Crippen LogP contribution in [0.15, 0.2) is 73.4 Å². The van der Waals surface area contributed by atoms with E-state index < -0.39 is 16.1 Å². The van der Waals surface area contributed by atoms with Gasteiger partial charge in [-0.3, -0.25) is 0 Å². The molecule has 0 aliphatic carbocycles. The molecule has 18 heavy (non-hydrogen) atoms. The lowest BCUT2D eigenvalue weighted by atomic mass is 10.4. The van der Waals surface area contributed by atoms with Gasteiger partial charge in [0.15, 0.2) is 0 Å². The van der Waals surface area contributed by atoms with Crippen molar-refractivity contribution in [2.45, 2.75) is 13.1 Å². The summed E-state index contributed by atoms with van der Waals surface area (Å²) in [4.78, 5) is 0. The van der Waals surface area contributed by atoms with Crippen molar-refractivity contribution in [1.29, 1.82) is 0 Å². The van der Waals surface area contributed by atoms with Gasteiger partial charge in [0.1, 0.15) is 16.1 Å². The summed E-state index contributed by atoms with van der Waals surface area (Å²) in [6.45, 7) is 20.6. The van der Waals surface area contributed by atoms with Gasteiger partial charge in [0.2, 0.25) is 0 Å². The van der Waals surface area contributed by atoms with Gasteiger partial charge in [-0.15, -0.1) is 26.3 Å². The van der Waals surface area contributed by atoms with Crippen LogP contribution in [-0.2, 0) is 0 Å². The smallest absolute Gasteiger partial charge is 0.106 e. The van der Waals surface area contributed by atoms with Crippen molar-refractivity contribution in [3.8, 4) is 0 Å². The van der Waals surface area contributed by atoms with Crippen LogP contribution in [0.1, 0.15) is 0 Å². The standard InChI is InChI=1S/C16H22Si2/c1-7-17(5,8-2)15-13-11-12-14-16(15)18(6,9-3)10-4/h7-14H,1-4H2,5-6H3. The van der Waals surface area contributed by atoms with Crippen LogP contribution in [0.4, 0.5) is 0 Å². The lowest BCUT2D eigenvalue weighted by Gasteiger charge is -2.29. The number of rotatable bonds is 6. The third-order valence-electron chi connectivity index (χ3n) is 3.78. The Morgan fingerprint density at radius 1 is 0.722 bits per heavy atom. The van der Waals surface area contributed by atoms with E-state index in [1.54, 1.807) is 0 Å². The molecule has 0 heterocycles. The zero-order chi connectivity index (χ0) is 13.8. The van der Waals surface area contributed by atoms with Gasteiger partial charge in [0.05, 0.1) is 0 Å². The van der Waals surface area contributed by atoms with Crippen LogP contribution in [0, 0.1) is 0 Å². The highest BCUT2D eigenvalue weighted by Gasteiger charge is 2.31. The largest absolute Gasteiger partial charge is 0.129 e. The van der Waals surface area contributed by atoms with Crippen LogP contribution >= 0.6 is 0 Å². The average molecular weight is 271 g/mol. The molecule has 0 aliphatic heterocycles.